The molecule has 1 saturated carbocycles. The van der Waals surface area contributed by atoms with E-state index in [4.69, 9.17) is 9.47 Å². The first-order valence-corrected chi connectivity index (χ1v) is 17.7. The van der Waals surface area contributed by atoms with Crippen LogP contribution in [0.15, 0.2) is 34.6 Å². The lowest BCUT2D eigenvalue weighted by atomic mass is 9.73. The molecule has 7 aliphatic rings. The summed E-state index contributed by atoms with van der Waals surface area (Å²) in [7, 11) is 1.83. The highest BCUT2D eigenvalue weighted by atomic mass is 16.5. The fraction of sp³-hybridized carbons (Fsp3) is 0.806. The minimum atomic E-state index is -0.664. The molecule has 7 rings (SSSR count). The Balaban J connectivity index is 1.20. The number of methoxy groups -OCH3 is 1. The van der Waals surface area contributed by atoms with Crippen molar-refractivity contribution < 1.29 is 24.5 Å². The van der Waals surface area contributed by atoms with Gasteiger partial charge in [0, 0.05) is 57.5 Å². The van der Waals surface area contributed by atoms with Crippen molar-refractivity contribution in [2.75, 3.05) is 40.0 Å². The molecule has 4 aliphatic heterocycles. The normalized spacial score (nSPS) is 35.9. The van der Waals surface area contributed by atoms with E-state index in [1.165, 1.54) is 74.6 Å². The average molecular weight is 595 g/mol. The largest absolute Gasteiger partial charge is 0.481 e. The molecule has 0 amide bonds. The Morgan fingerprint density at radius 1 is 1.00 bits per heavy atom. The third kappa shape index (κ3) is 5.89. The zero-order chi connectivity index (χ0) is 29.5. The van der Waals surface area contributed by atoms with Crippen molar-refractivity contribution in [1.29, 1.82) is 0 Å². The number of hydrogen-bond acceptors (Lipinski definition) is 6. The summed E-state index contributed by atoms with van der Waals surface area (Å²) in [5.74, 6) is 1.57. The van der Waals surface area contributed by atoms with Crippen LogP contribution in [-0.4, -0.2) is 84.3 Å². The molecule has 6 unspecified atom stereocenters. The molecule has 0 aromatic heterocycles. The average Bonchev–Trinajstić information content (AvgIpc) is 3.27. The second kappa shape index (κ2) is 13.0. The number of carboxylic acids is 1. The minimum Gasteiger partial charge on any atom is -0.481 e. The van der Waals surface area contributed by atoms with E-state index in [1.807, 2.05) is 7.11 Å². The number of hydrogen-bond donors (Lipinski definition) is 2. The highest BCUT2D eigenvalue weighted by Gasteiger charge is 2.49. The molecule has 7 heteroatoms. The van der Waals surface area contributed by atoms with Crippen molar-refractivity contribution in [1.82, 2.24) is 9.80 Å². The number of piperidine rings is 1. The summed E-state index contributed by atoms with van der Waals surface area (Å²) in [6, 6.07) is 0.134. The number of aliphatic hydroxyl groups is 1. The molecule has 0 spiro atoms. The Hall–Kier alpha value is -1.67. The molecular weight excluding hydrogens is 540 g/mol. The van der Waals surface area contributed by atoms with E-state index in [1.54, 1.807) is 5.57 Å². The van der Waals surface area contributed by atoms with Gasteiger partial charge in [-0.1, -0.05) is 37.0 Å². The number of rotatable bonds is 6. The van der Waals surface area contributed by atoms with Gasteiger partial charge in [0.25, 0.3) is 0 Å². The first kappa shape index (κ1) is 30.0. The number of carboxylic acid groups (broad SMARTS) is 1. The van der Waals surface area contributed by atoms with Gasteiger partial charge in [0.15, 0.2) is 0 Å². The van der Waals surface area contributed by atoms with E-state index < -0.39 is 12.2 Å². The number of nitrogens with zero attached hydrogens (tertiary/aromatic N) is 2. The number of ether oxygens (including phenoxy) is 2. The smallest absolute Gasteiger partial charge is 0.306 e. The van der Waals surface area contributed by atoms with E-state index in [-0.39, 0.29) is 24.0 Å². The second-order valence-corrected chi connectivity index (χ2v) is 14.8. The van der Waals surface area contributed by atoms with Crippen LogP contribution in [0.5, 0.6) is 0 Å². The fourth-order valence-corrected chi connectivity index (χ4v) is 10.2. The number of carbonyl (C=O) groups is 1. The minimum absolute atomic E-state index is 0.0960. The lowest BCUT2D eigenvalue weighted by Crippen LogP contribution is -2.49. The molecule has 6 atom stereocenters. The summed E-state index contributed by atoms with van der Waals surface area (Å²) < 4.78 is 11.5. The van der Waals surface area contributed by atoms with Crippen LogP contribution in [-0.2, 0) is 14.3 Å². The van der Waals surface area contributed by atoms with E-state index in [9.17, 15) is 15.0 Å². The van der Waals surface area contributed by atoms with Gasteiger partial charge in [-0.3, -0.25) is 9.69 Å². The van der Waals surface area contributed by atoms with Gasteiger partial charge < -0.3 is 24.6 Å². The summed E-state index contributed by atoms with van der Waals surface area (Å²) in [6.07, 6.45) is 19.8. The van der Waals surface area contributed by atoms with Crippen LogP contribution >= 0.6 is 0 Å². The van der Waals surface area contributed by atoms with Crippen LogP contribution in [0, 0.1) is 35.5 Å². The Morgan fingerprint density at radius 2 is 1.74 bits per heavy atom. The topological polar surface area (TPSA) is 82.5 Å². The van der Waals surface area contributed by atoms with Gasteiger partial charge in [-0.05, 0) is 99.5 Å². The number of aliphatic hydroxyl groups excluding tert-OH is 1. The Bertz CT molecular complexity index is 1110. The molecule has 2 N–H and O–H groups in total. The van der Waals surface area contributed by atoms with Gasteiger partial charge in [-0.25, -0.2) is 0 Å². The van der Waals surface area contributed by atoms with Gasteiger partial charge in [0.2, 0.25) is 0 Å². The van der Waals surface area contributed by atoms with Crippen LogP contribution in [0.4, 0.5) is 0 Å². The van der Waals surface area contributed by atoms with Gasteiger partial charge in [-0.15, -0.1) is 0 Å². The summed E-state index contributed by atoms with van der Waals surface area (Å²) in [4.78, 5) is 17.3. The maximum atomic E-state index is 12.2. The quantitative estimate of drug-likeness (QED) is 0.379. The van der Waals surface area contributed by atoms with E-state index >= 15 is 0 Å². The Labute approximate surface area is 258 Å². The predicted molar refractivity (Wildman–Crippen MR) is 166 cm³/mol. The fourth-order valence-electron chi connectivity index (χ4n) is 10.2. The standard InChI is InChI=1S/C36H54N2O5/c1-42-29-8-10-30-27(20-29)19-28(35(39)37-15-11-23(12-16-37)24-13-17-43-18-14-24)22-38-32-21-26(36(40)41)7-9-31(32)33(34(30)38)25-5-3-2-4-6-25/h9,20,23-26,28-30,32,35,39H,2-8,10-19,21-22H2,1H3,(H,40,41). The molecule has 0 aromatic carbocycles. The van der Waals surface area contributed by atoms with E-state index in [0.717, 1.165) is 63.9 Å². The van der Waals surface area contributed by atoms with Crippen molar-refractivity contribution in [3.05, 3.63) is 34.6 Å². The number of aliphatic carboxylic acids is 1. The SMILES string of the molecule is COC1C=C2CC(C(O)N3CCC(C4CCOCC4)CC3)CN3C(=C(C4CCCCC4)C4=CCC(C(=O)O)CC43)C2CC1. The zero-order valence-corrected chi connectivity index (χ0v) is 26.3. The highest BCUT2D eigenvalue weighted by Crippen LogP contribution is 2.54. The first-order chi connectivity index (χ1) is 21.0. The highest BCUT2D eigenvalue weighted by molar-refractivity contribution is 5.71. The van der Waals surface area contributed by atoms with Gasteiger partial charge in [0.1, 0.15) is 6.23 Å². The van der Waals surface area contributed by atoms with Crippen molar-refractivity contribution in [2.24, 2.45) is 35.5 Å². The van der Waals surface area contributed by atoms with Crippen molar-refractivity contribution in [2.45, 2.75) is 108 Å². The molecule has 4 heterocycles. The van der Waals surface area contributed by atoms with Gasteiger partial charge in [0.05, 0.1) is 18.1 Å². The summed E-state index contributed by atoms with van der Waals surface area (Å²) in [5, 5.41) is 22.2. The van der Waals surface area contributed by atoms with Crippen LogP contribution in [0.2, 0.25) is 0 Å². The Kier molecular flexibility index (Phi) is 9.06. The third-order valence-corrected chi connectivity index (χ3v) is 12.6. The molecule has 7 nitrogen and oxygen atoms in total. The number of likely N-dealkylation sites (tertiary alicyclic amines) is 1. The molecule has 0 bridgehead atoms. The van der Waals surface area contributed by atoms with E-state index in [2.05, 4.69) is 22.0 Å². The summed E-state index contributed by atoms with van der Waals surface area (Å²) in [5.41, 5.74) is 5.98. The van der Waals surface area contributed by atoms with E-state index in [0.29, 0.717) is 24.7 Å². The second-order valence-electron chi connectivity index (χ2n) is 14.8. The molecule has 238 valence electrons. The lowest BCUT2D eigenvalue weighted by molar-refractivity contribution is -0.142. The predicted octanol–water partition coefficient (Wildman–Crippen LogP) is 5.75. The third-order valence-electron chi connectivity index (χ3n) is 12.6. The summed E-state index contributed by atoms with van der Waals surface area (Å²) >= 11 is 0. The van der Waals surface area contributed by atoms with Gasteiger partial charge >= 0.3 is 5.97 Å². The molecule has 43 heavy (non-hydrogen) atoms. The maximum Gasteiger partial charge on any atom is 0.306 e. The maximum absolute atomic E-state index is 12.2. The van der Waals surface area contributed by atoms with Crippen molar-refractivity contribution in [3.8, 4) is 0 Å². The lowest BCUT2D eigenvalue weighted by Gasteiger charge is -2.42. The Morgan fingerprint density at radius 3 is 2.47 bits per heavy atom. The van der Waals surface area contributed by atoms with Crippen LogP contribution in [0.3, 0.4) is 0 Å². The van der Waals surface area contributed by atoms with Crippen molar-refractivity contribution in [3.63, 3.8) is 0 Å². The molecule has 4 fully saturated rings. The molecule has 0 aromatic rings. The first-order valence-electron chi connectivity index (χ1n) is 17.7. The van der Waals surface area contributed by atoms with Crippen molar-refractivity contribution >= 4 is 5.97 Å². The zero-order valence-electron chi connectivity index (χ0n) is 26.3. The summed E-state index contributed by atoms with van der Waals surface area (Å²) in [6.45, 7) is 4.56. The van der Waals surface area contributed by atoms with Crippen LogP contribution in [0.25, 0.3) is 0 Å². The molecule has 0 radical (unpaired) electrons. The number of allylic oxidation sites excluding steroid dienone is 2. The molecule has 3 aliphatic carbocycles. The molecule has 3 saturated heterocycles. The van der Waals surface area contributed by atoms with Crippen LogP contribution in [0.1, 0.15) is 89.9 Å². The number of fused-ring (bicyclic) bond motifs is 5. The van der Waals surface area contributed by atoms with Crippen LogP contribution < -0.4 is 0 Å². The molecular formula is C36H54N2O5. The van der Waals surface area contributed by atoms with Gasteiger partial charge in [-0.2, -0.15) is 0 Å². The monoisotopic (exact) mass is 594 g/mol.